The molecule has 2 aromatic carbocycles. The number of nitrogens with zero attached hydrogens (tertiary/aromatic N) is 4. The molecule has 0 aliphatic carbocycles. The van der Waals surface area contributed by atoms with Crippen LogP contribution in [0.25, 0.3) is 11.1 Å². The van der Waals surface area contributed by atoms with Gasteiger partial charge in [-0.2, -0.15) is 10.5 Å². The second-order valence-electron chi connectivity index (χ2n) is 6.80. The molecule has 0 saturated carbocycles. The molecule has 0 spiro atoms. The van der Waals surface area contributed by atoms with Crippen molar-refractivity contribution < 1.29 is 0 Å². The molecule has 0 bridgehead atoms. The standard InChI is InChI=1S/C22H18N8/c1-12-6-2-3-7-13(12)14-8-4-5-9-15(14)19-17-18(25)16(10-23)20(26)29-21(17)30-22(28-19)27-11-24/h2-9,19H,1H3,(H6,25,26,27,28,29,30). The van der Waals surface area contributed by atoms with E-state index in [0.29, 0.717) is 11.4 Å². The lowest BCUT2D eigenvalue weighted by Crippen LogP contribution is -2.33. The Balaban J connectivity index is 2.00. The fraction of sp³-hybridized carbons (Fsp3) is 0.0909. The zero-order valence-corrected chi connectivity index (χ0v) is 16.1. The summed E-state index contributed by atoms with van der Waals surface area (Å²) < 4.78 is 0. The van der Waals surface area contributed by atoms with Crippen LogP contribution in [0.5, 0.6) is 0 Å². The molecule has 4 rings (SSSR count). The second-order valence-corrected chi connectivity index (χ2v) is 6.80. The van der Waals surface area contributed by atoms with Crippen molar-refractivity contribution in [2.75, 3.05) is 16.8 Å². The maximum atomic E-state index is 9.50. The van der Waals surface area contributed by atoms with E-state index < -0.39 is 6.04 Å². The largest absolute Gasteiger partial charge is 0.397 e. The van der Waals surface area contributed by atoms with Crippen molar-refractivity contribution in [3.05, 3.63) is 70.8 Å². The molecule has 0 fully saturated rings. The molecule has 1 aromatic heterocycles. The van der Waals surface area contributed by atoms with Crippen LogP contribution in [0.4, 0.5) is 17.3 Å². The van der Waals surface area contributed by atoms with Gasteiger partial charge in [0.15, 0.2) is 6.19 Å². The lowest BCUT2D eigenvalue weighted by molar-refractivity contribution is 0.848. The Hall–Kier alpha value is -4.56. The number of nitriles is 2. The molecular weight excluding hydrogens is 376 g/mol. The van der Waals surface area contributed by atoms with Gasteiger partial charge in [0.05, 0.1) is 5.69 Å². The van der Waals surface area contributed by atoms with Gasteiger partial charge < -0.3 is 16.8 Å². The highest BCUT2D eigenvalue weighted by Gasteiger charge is 2.31. The molecule has 8 heteroatoms. The van der Waals surface area contributed by atoms with Crippen LogP contribution in [-0.2, 0) is 0 Å². The summed E-state index contributed by atoms with van der Waals surface area (Å²) in [7, 11) is 0. The van der Waals surface area contributed by atoms with Crippen molar-refractivity contribution >= 4 is 23.3 Å². The first-order valence-corrected chi connectivity index (χ1v) is 9.19. The predicted octanol–water partition coefficient (Wildman–Crippen LogP) is 3.03. The third kappa shape index (κ3) is 3.03. The van der Waals surface area contributed by atoms with Gasteiger partial charge in [0.2, 0.25) is 5.96 Å². The number of rotatable bonds is 2. The second kappa shape index (κ2) is 7.46. The summed E-state index contributed by atoms with van der Waals surface area (Å²) in [5, 5.41) is 24.0. The molecule has 0 radical (unpaired) electrons. The zero-order chi connectivity index (χ0) is 21.3. The van der Waals surface area contributed by atoms with Crippen LogP contribution in [-0.4, -0.2) is 10.9 Å². The number of fused-ring (bicyclic) bond motifs is 1. The molecule has 30 heavy (non-hydrogen) atoms. The van der Waals surface area contributed by atoms with Crippen molar-refractivity contribution in [3.63, 3.8) is 0 Å². The quantitative estimate of drug-likeness (QED) is 0.385. The lowest BCUT2D eigenvalue weighted by Gasteiger charge is -2.27. The van der Waals surface area contributed by atoms with Gasteiger partial charge >= 0.3 is 0 Å². The van der Waals surface area contributed by atoms with E-state index in [2.05, 4.69) is 20.6 Å². The summed E-state index contributed by atoms with van der Waals surface area (Å²) in [6.45, 7) is 2.04. The van der Waals surface area contributed by atoms with Crippen molar-refractivity contribution in [2.45, 2.75) is 13.0 Å². The van der Waals surface area contributed by atoms with E-state index >= 15 is 0 Å². The Morgan fingerprint density at radius 3 is 2.43 bits per heavy atom. The minimum Gasteiger partial charge on any atom is -0.397 e. The van der Waals surface area contributed by atoms with E-state index in [4.69, 9.17) is 16.7 Å². The highest BCUT2D eigenvalue weighted by Crippen LogP contribution is 2.43. The Morgan fingerprint density at radius 2 is 1.73 bits per heavy atom. The number of hydrogen-bond acceptors (Lipinski definition) is 8. The summed E-state index contributed by atoms with van der Waals surface area (Å²) in [4.78, 5) is 8.97. The van der Waals surface area contributed by atoms with E-state index in [1.807, 2.05) is 67.7 Å². The maximum Gasteiger partial charge on any atom is 0.211 e. The smallest absolute Gasteiger partial charge is 0.211 e. The summed E-state index contributed by atoms with van der Waals surface area (Å²) in [5.74, 6) is 0.609. The minimum atomic E-state index is -0.590. The molecule has 1 aliphatic rings. The van der Waals surface area contributed by atoms with Gasteiger partial charge in [-0.3, -0.25) is 5.32 Å². The van der Waals surface area contributed by atoms with E-state index in [1.54, 1.807) is 0 Å². The van der Waals surface area contributed by atoms with Gasteiger partial charge in [0.25, 0.3) is 0 Å². The number of nitrogens with one attached hydrogen (secondary N) is 2. The number of aliphatic imine (C=N–C) groups is 1. The molecule has 0 saturated heterocycles. The highest BCUT2D eigenvalue weighted by molar-refractivity contribution is 5.98. The molecule has 1 aliphatic heterocycles. The molecule has 0 amide bonds. The summed E-state index contributed by atoms with van der Waals surface area (Å²) in [6, 6.07) is 17.3. The van der Waals surface area contributed by atoms with Crippen LogP contribution in [0.2, 0.25) is 0 Å². The third-order valence-electron chi connectivity index (χ3n) is 5.05. The number of pyridine rings is 1. The molecule has 146 valence electrons. The molecular formula is C22H18N8. The first-order chi connectivity index (χ1) is 14.5. The van der Waals surface area contributed by atoms with E-state index in [9.17, 15) is 5.26 Å². The fourth-order valence-electron chi connectivity index (χ4n) is 3.66. The minimum absolute atomic E-state index is 0.0189. The van der Waals surface area contributed by atoms with Gasteiger partial charge in [-0.15, -0.1) is 0 Å². The monoisotopic (exact) mass is 394 g/mol. The van der Waals surface area contributed by atoms with Crippen LogP contribution in [0, 0.1) is 29.7 Å². The first-order valence-electron chi connectivity index (χ1n) is 9.19. The topological polar surface area (TPSA) is 149 Å². The SMILES string of the molecule is Cc1ccccc1-c1ccccc1C1N=C(NC#N)Nc2nc(N)c(C#N)c(N)c21. The number of aryl methyl sites for hydroxylation is 1. The first kappa shape index (κ1) is 18.8. The van der Waals surface area contributed by atoms with Gasteiger partial charge in [-0.05, 0) is 29.2 Å². The average molecular weight is 394 g/mol. The number of nitrogen functional groups attached to an aromatic ring is 2. The maximum absolute atomic E-state index is 9.50. The molecule has 2 heterocycles. The van der Waals surface area contributed by atoms with Crippen LogP contribution < -0.4 is 22.1 Å². The number of aromatic nitrogens is 1. The van der Waals surface area contributed by atoms with E-state index in [-0.39, 0.29) is 23.0 Å². The van der Waals surface area contributed by atoms with Gasteiger partial charge in [-0.1, -0.05) is 48.5 Å². The predicted molar refractivity (Wildman–Crippen MR) is 116 cm³/mol. The van der Waals surface area contributed by atoms with Crippen LogP contribution in [0.3, 0.4) is 0 Å². The molecule has 1 unspecified atom stereocenters. The number of guanidine groups is 1. The molecule has 3 aromatic rings. The van der Waals surface area contributed by atoms with Gasteiger partial charge in [-0.25, -0.2) is 9.98 Å². The van der Waals surface area contributed by atoms with E-state index in [1.165, 1.54) is 0 Å². The van der Waals surface area contributed by atoms with Crippen LogP contribution in [0.1, 0.15) is 28.3 Å². The Morgan fingerprint density at radius 1 is 1.03 bits per heavy atom. The van der Waals surface area contributed by atoms with E-state index in [0.717, 1.165) is 22.3 Å². The number of nitrogens with two attached hydrogens (primary N) is 2. The Labute approximate surface area is 173 Å². The Kier molecular flexibility index (Phi) is 4.67. The highest BCUT2D eigenvalue weighted by atomic mass is 15.2. The third-order valence-corrected chi connectivity index (χ3v) is 5.05. The van der Waals surface area contributed by atoms with Gasteiger partial charge in [0.1, 0.15) is 29.3 Å². The normalized spacial score (nSPS) is 14.5. The van der Waals surface area contributed by atoms with Crippen molar-refractivity contribution in [1.82, 2.24) is 10.3 Å². The Bertz CT molecular complexity index is 1260. The average Bonchev–Trinajstić information content (AvgIpc) is 2.74. The number of benzene rings is 2. The van der Waals surface area contributed by atoms with Crippen molar-refractivity contribution in [3.8, 4) is 23.4 Å². The molecule has 6 N–H and O–H groups in total. The molecule has 8 nitrogen and oxygen atoms in total. The number of hydrogen-bond donors (Lipinski definition) is 4. The summed E-state index contributed by atoms with van der Waals surface area (Å²) >= 11 is 0. The van der Waals surface area contributed by atoms with Crippen LogP contribution in [0.15, 0.2) is 53.5 Å². The molecule has 1 atom stereocenters. The van der Waals surface area contributed by atoms with Crippen molar-refractivity contribution in [1.29, 1.82) is 10.5 Å². The zero-order valence-electron chi connectivity index (χ0n) is 16.1. The number of anilines is 3. The van der Waals surface area contributed by atoms with Crippen LogP contribution >= 0.6 is 0 Å². The fourth-order valence-corrected chi connectivity index (χ4v) is 3.66. The lowest BCUT2D eigenvalue weighted by atomic mass is 9.88. The summed E-state index contributed by atoms with van der Waals surface area (Å²) in [5.41, 5.74) is 17.2. The van der Waals surface area contributed by atoms with Crippen molar-refractivity contribution in [2.24, 2.45) is 4.99 Å². The summed E-state index contributed by atoms with van der Waals surface area (Å²) in [6.07, 6.45) is 1.86. The van der Waals surface area contributed by atoms with Gasteiger partial charge in [0, 0.05) is 5.56 Å².